The van der Waals surface area contributed by atoms with Crippen LogP contribution in [0.1, 0.15) is 29.6 Å². The second-order valence-electron chi connectivity index (χ2n) is 4.52. The fraction of sp³-hybridized carbons (Fsp3) is 0.545. The van der Waals surface area contributed by atoms with Crippen LogP contribution < -0.4 is 0 Å². The van der Waals surface area contributed by atoms with Crippen LogP contribution in [-0.4, -0.2) is 39.9 Å². The van der Waals surface area contributed by atoms with Crippen molar-refractivity contribution in [2.75, 3.05) is 13.7 Å². The lowest BCUT2D eigenvalue weighted by Gasteiger charge is -2.45. The van der Waals surface area contributed by atoms with Gasteiger partial charge >= 0.3 is 0 Å². The number of fused-ring (bicyclic) bond motifs is 2. The first-order valence-corrected chi connectivity index (χ1v) is 7.23. The number of aromatic nitrogens is 1. The average molecular weight is 380 g/mol. The van der Waals surface area contributed by atoms with Gasteiger partial charge in [-0.25, -0.2) is 0 Å². The number of methoxy groups -OCH3 is 1. The second-order valence-corrected chi connectivity index (χ2v) is 6.13. The standard InChI is InChI=1S/C11H12Br2N2O3/c1-18-11-3-2-4-14(11)9(16)7-5-6(12)8(13)15(7)10(11)17/h5,10,17H,2-4H2,1H3/t10-,11-/m0/s1. The van der Waals surface area contributed by atoms with E-state index < -0.39 is 12.0 Å². The van der Waals surface area contributed by atoms with E-state index in [9.17, 15) is 9.90 Å². The van der Waals surface area contributed by atoms with Crippen LogP contribution in [0.3, 0.4) is 0 Å². The minimum absolute atomic E-state index is 0.106. The molecule has 2 aliphatic rings. The zero-order valence-corrected chi connectivity index (χ0v) is 12.9. The highest BCUT2D eigenvalue weighted by Gasteiger charge is 2.55. The molecule has 0 aromatic carbocycles. The monoisotopic (exact) mass is 378 g/mol. The predicted molar refractivity (Wildman–Crippen MR) is 71.1 cm³/mol. The molecule has 1 N–H and O–H groups in total. The van der Waals surface area contributed by atoms with Crippen LogP contribution in [0.15, 0.2) is 15.1 Å². The predicted octanol–water partition coefficient (Wildman–Crippen LogP) is 2.10. The van der Waals surface area contributed by atoms with E-state index in [2.05, 4.69) is 31.9 Å². The fourth-order valence-electron chi connectivity index (χ4n) is 2.89. The van der Waals surface area contributed by atoms with E-state index in [1.54, 1.807) is 15.5 Å². The number of halogens is 2. The van der Waals surface area contributed by atoms with Crippen LogP contribution in [0.25, 0.3) is 0 Å². The number of hydrogen-bond acceptors (Lipinski definition) is 3. The van der Waals surface area contributed by atoms with Gasteiger partial charge in [-0.15, -0.1) is 0 Å². The van der Waals surface area contributed by atoms with Crippen molar-refractivity contribution in [1.82, 2.24) is 9.47 Å². The molecule has 3 heterocycles. The van der Waals surface area contributed by atoms with Gasteiger partial charge in [0.15, 0.2) is 12.0 Å². The quantitative estimate of drug-likeness (QED) is 0.812. The zero-order valence-electron chi connectivity index (χ0n) is 9.69. The summed E-state index contributed by atoms with van der Waals surface area (Å²) in [6, 6.07) is 1.72. The molecule has 1 saturated heterocycles. The molecule has 0 spiro atoms. The van der Waals surface area contributed by atoms with Crippen molar-refractivity contribution in [1.29, 1.82) is 0 Å². The van der Waals surface area contributed by atoms with Gasteiger partial charge in [-0.2, -0.15) is 0 Å². The van der Waals surface area contributed by atoms with Gasteiger partial charge in [0.25, 0.3) is 5.91 Å². The highest BCUT2D eigenvalue weighted by Crippen LogP contribution is 2.46. The average Bonchev–Trinajstić information content (AvgIpc) is 2.91. The Bertz CT molecular complexity index is 531. The molecule has 2 atom stereocenters. The van der Waals surface area contributed by atoms with Crippen LogP contribution in [0.2, 0.25) is 0 Å². The number of hydrogen-bond donors (Lipinski definition) is 1. The molecule has 3 rings (SSSR count). The normalized spacial score (nSPS) is 30.6. The van der Waals surface area contributed by atoms with Crippen LogP contribution in [-0.2, 0) is 4.74 Å². The van der Waals surface area contributed by atoms with E-state index in [1.165, 1.54) is 7.11 Å². The van der Waals surface area contributed by atoms with Crippen LogP contribution in [0.4, 0.5) is 0 Å². The van der Waals surface area contributed by atoms with E-state index in [4.69, 9.17) is 4.74 Å². The summed E-state index contributed by atoms with van der Waals surface area (Å²) in [5, 5.41) is 10.6. The van der Waals surface area contributed by atoms with Gasteiger partial charge in [-0.1, -0.05) is 0 Å². The third kappa shape index (κ3) is 1.36. The van der Waals surface area contributed by atoms with Crippen molar-refractivity contribution in [2.45, 2.75) is 24.8 Å². The van der Waals surface area contributed by atoms with Gasteiger partial charge in [0, 0.05) is 20.1 Å². The number of rotatable bonds is 1. The number of carbonyl (C=O) groups is 1. The number of nitrogens with zero attached hydrogens (tertiary/aromatic N) is 2. The summed E-state index contributed by atoms with van der Waals surface area (Å²) in [6.07, 6.45) is 0.566. The lowest BCUT2D eigenvalue weighted by molar-refractivity contribution is -0.200. The molecule has 0 unspecified atom stereocenters. The maximum atomic E-state index is 12.4. The zero-order chi connectivity index (χ0) is 13.1. The van der Waals surface area contributed by atoms with E-state index in [0.29, 0.717) is 23.3 Å². The smallest absolute Gasteiger partial charge is 0.273 e. The molecule has 1 aromatic rings. The molecule has 1 amide bonds. The van der Waals surface area contributed by atoms with Crippen molar-refractivity contribution < 1.29 is 14.6 Å². The highest BCUT2D eigenvalue weighted by molar-refractivity contribution is 9.13. The van der Waals surface area contributed by atoms with Crippen LogP contribution in [0.5, 0.6) is 0 Å². The Hall–Kier alpha value is -0.370. The van der Waals surface area contributed by atoms with Crippen molar-refractivity contribution in [2.24, 2.45) is 0 Å². The summed E-state index contributed by atoms with van der Waals surface area (Å²) < 4.78 is 8.49. The first-order chi connectivity index (χ1) is 8.53. The Balaban J connectivity index is 2.23. The minimum Gasteiger partial charge on any atom is -0.369 e. The molecule has 0 aliphatic carbocycles. The maximum Gasteiger partial charge on any atom is 0.273 e. The molecule has 7 heteroatoms. The summed E-state index contributed by atoms with van der Waals surface area (Å²) in [5.41, 5.74) is -0.471. The topological polar surface area (TPSA) is 54.7 Å². The number of aliphatic hydroxyl groups is 1. The molecule has 0 bridgehead atoms. The Morgan fingerprint density at radius 2 is 2.28 bits per heavy atom. The number of aliphatic hydroxyl groups excluding tert-OH is 1. The fourth-order valence-corrected chi connectivity index (χ4v) is 3.80. The van der Waals surface area contributed by atoms with Gasteiger partial charge in [0.05, 0.1) is 4.47 Å². The number of ether oxygens (including phenoxy) is 1. The lowest BCUT2D eigenvalue weighted by Crippen LogP contribution is -2.58. The summed E-state index contributed by atoms with van der Waals surface area (Å²) in [6.45, 7) is 0.615. The van der Waals surface area contributed by atoms with Gasteiger partial charge in [-0.05, 0) is 44.3 Å². The Kier molecular flexibility index (Phi) is 2.85. The third-order valence-electron chi connectivity index (χ3n) is 3.77. The van der Waals surface area contributed by atoms with Crippen molar-refractivity contribution in [3.05, 3.63) is 20.8 Å². The van der Waals surface area contributed by atoms with Gasteiger partial charge < -0.3 is 14.7 Å². The summed E-state index contributed by atoms with van der Waals surface area (Å²) in [7, 11) is 1.53. The molecule has 1 aromatic heterocycles. The Morgan fingerprint density at radius 1 is 1.56 bits per heavy atom. The summed E-state index contributed by atoms with van der Waals surface area (Å²) >= 11 is 6.74. The lowest BCUT2D eigenvalue weighted by atomic mass is 10.1. The van der Waals surface area contributed by atoms with E-state index in [1.807, 2.05) is 0 Å². The SMILES string of the molecule is CO[C@]12CCCN1C(=O)c1cc(Br)c(Br)n1[C@H]2O. The molecule has 5 nitrogen and oxygen atoms in total. The molecule has 1 fully saturated rings. The van der Waals surface area contributed by atoms with Crippen LogP contribution >= 0.6 is 31.9 Å². The molecule has 0 saturated carbocycles. The van der Waals surface area contributed by atoms with Crippen molar-refractivity contribution in [3.63, 3.8) is 0 Å². The summed E-state index contributed by atoms with van der Waals surface area (Å²) in [5.74, 6) is -0.106. The summed E-state index contributed by atoms with van der Waals surface area (Å²) in [4.78, 5) is 14.1. The van der Waals surface area contributed by atoms with Crippen LogP contribution in [0, 0.1) is 0 Å². The molecular formula is C11H12Br2N2O3. The van der Waals surface area contributed by atoms with Crippen molar-refractivity contribution >= 4 is 37.8 Å². The van der Waals surface area contributed by atoms with Gasteiger partial charge in [-0.3, -0.25) is 9.36 Å². The largest absolute Gasteiger partial charge is 0.369 e. The van der Waals surface area contributed by atoms with Gasteiger partial charge in [0.2, 0.25) is 0 Å². The highest BCUT2D eigenvalue weighted by atomic mass is 79.9. The Morgan fingerprint density at radius 3 is 2.94 bits per heavy atom. The molecule has 98 valence electrons. The number of carbonyl (C=O) groups excluding carboxylic acids is 1. The second kappa shape index (κ2) is 4.06. The van der Waals surface area contributed by atoms with E-state index >= 15 is 0 Å². The van der Waals surface area contributed by atoms with E-state index in [0.717, 1.165) is 10.9 Å². The maximum absolute atomic E-state index is 12.4. The third-order valence-corrected chi connectivity index (χ3v) is 5.72. The Labute approximate surface area is 121 Å². The first-order valence-electron chi connectivity index (χ1n) is 5.64. The molecular weight excluding hydrogens is 368 g/mol. The van der Waals surface area contributed by atoms with Gasteiger partial charge in [0.1, 0.15) is 10.3 Å². The molecule has 18 heavy (non-hydrogen) atoms. The minimum atomic E-state index is -0.939. The molecule has 2 aliphatic heterocycles. The van der Waals surface area contributed by atoms with Crippen molar-refractivity contribution in [3.8, 4) is 0 Å². The number of amides is 1. The molecule has 0 radical (unpaired) electrons. The van der Waals surface area contributed by atoms with E-state index in [-0.39, 0.29) is 5.91 Å². The first kappa shape index (κ1) is 12.7.